The maximum atomic E-state index is 12.0. The highest BCUT2D eigenvalue weighted by Gasteiger charge is 2.12. The molecule has 0 saturated heterocycles. The van der Waals surface area contributed by atoms with Gasteiger partial charge in [0.05, 0.1) is 10.6 Å². The fourth-order valence-electron chi connectivity index (χ4n) is 1.56. The summed E-state index contributed by atoms with van der Waals surface area (Å²) in [6.45, 7) is 4.16. The molecular formula is C14H21NO2S. The molecule has 18 heavy (non-hydrogen) atoms. The quantitative estimate of drug-likeness (QED) is 0.489. The zero-order valence-electron chi connectivity index (χ0n) is 11.0. The topological polar surface area (TPSA) is 60.2 Å². The Kier molecular flexibility index (Phi) is 5.41. The van der Waals surface area contributed by atoms with Crippen LogP contribution in [0.2, 0.25) is 0 Å². The summed E-state index contributed by atoms with van der Waals surface area (Å²) in [5.41, 5.74) is 7.42. The molecule has 0 atom stereocenters. The number of nitrogen functional groups attached to an aromatic ring is 1. The first kappa shape index (κ1) is 14.8. The van der Waals surface area contributed by atoms with Gasteiger partial charge in [0.25, 0.3) is 0 Å². The van der Waals surface area contributed by atoms with Gasteiger partial charge in [0.15, 0.2) is 9.84 Å². The lowest BCUT2D eigenvalue weighted by Gasteiger charge is -2.04. The highest BCUT2D eigenvalue weighted by Crippen LogP contribution is 2.15. The lowest BCUT2D eigenvalue weighted by molar-refractivity contribution is 0.593. The van der Waals surface area contributed by atoms with E-state index in [2.05, 4.69) is 19.9 Å². The van der Waals surface area contributed by atoms with E-state index in [1.165, 1.54) is 5.57 Å². The molecule has 0 unspecified atom stereocenters. The number of benzene rings is 1. The Balaban J connectivity index is 2.58. The maximum absolute atomic E-state index is 12.0. The van der Waals surface area contributed by atoms with Gasteiger partial charge in [-0.2, -0.15) is 0 Å². The van der Waals surface area contributed by atoms with Gasteiger partial charge in [0.1, 0.15) is 0 Å². The largest absolute Gasteiger partial charge is 0.399 e. The predicted octanol–water partition coefficient (Wildman–Crippen LogP) is 3.18. The molecule has 0 amide bonds. The van der Waals surface area contributed by atoms with E-state index in [1.54, 1.807) is 24.3 Å². The summed E-state index contributed by atoms with van der Waals surface area (Å²) in [5, 5.41) is 0. The molecule has 0 bridgehead atoms. The van der Waals surface area contributed by atoms with Gasteiger partial charge in [0, 0.05) is 5.69 Å². The number of anilines is 1. The normalized spacial score (nSPS) is 12.7. The number of rotatable bonds is 6. The van der Waals surface area contributed by atoms with Crippen molar-refractivity contribution in [3.05, 3.63) is 35.9 Å². The second kappa shape index (κ2) is 6.59. The number of unbranched alkanes of at least 4 members (excludes halogenated alkanes) is 1. The van der Waals surface area contributed by atoms with Crippen LogP contribution >= 0.6 is 0 Å². The van der Waals surface area contributed by atoms with E-state index in [-0.39, 0.29) is 5.75 Å². The van der Waals surface area contributed by atoms with Crippen molar-refractivity contribution in [2.75, 3.05) is 11.5 Å². The van der Waals surface area contributed by atoms with Crippen LogP contribution in [0.3, 0.4) is 0 Å². The number of hydrogen-bond acceptors (Lipinski definition) is 3. The fourth-order valence-corrected chi connectivity index (χ4v) is 2.89. The molecule has 1 rings (SSSR count). The van der Waals surface area contributed by atoms with E-state index in [0.717, 1.165) is 12.8 Å². The monoisotopic (exact) mass is 267 g/mol. The highest BCUT2D eigenvalue weighted by molar-refractivity contribution is 7.91. The molecule has 0 aromatic heterocycles. The summed E-state index contributed by atoms with van der Waals surface area (Å²) < 4.78 is 24.0. The second-order valence-corrected chi connectivity index (χ2v) is 6.54. The first-order valence-electron chi connectivity index (χ1n) is 6.19. The number of allylic oxidation sites excluding steroid dienone is 2. The van der Waals surface area contributed by atoms with Crippen molar-refractivity contribution < 1.29 is 8.42 Å². The molecule has 0 heterocycles. The third-order valence-corrected chi connectivity index (χ3v) is 4.72. The maximum Gasteiger partial charge on any atom is 0.178 e. The van der Waals surface area contributed by atoms with Crippen LogP contribution < -0.4 is 5.73 Å². The van der Waals surface area contributed by atoms with E-state index < -0.39 is 9.84 Å². The van der Waals surface area contributed by atoms with Gasteiger partial charge in [-0.25, -0.2) is 8.42 Å². The van der Waals surface area contributed by atoms with Crippen molar-refractivity contribution >= 4 is 15.5 Å². The van der Waals surface area contributed by atoms with E-state index in [9.17, 15) is 8.42 Å². The third-order valence-electron chi connectivity index (χ3n) is 2.91. The zero-order chi connectivity index (χ0) is 13.6. The van der Waals surface area contributed by atoms with E-state index in [0.29, 0.717) is 17.0 Å². The Morgan fingerprint density at radius 2 is 1.89 bits per heavy atom. The molecule has 3 nitrogen and oxygen atoms in total. The molecule has 0 aliphatic rings. The van der Waals surface area contributed by atoms with E-state index >= 15 is 0 Å². The Hall–Kier alpha value is -1.29. The standard InChI is InChI=1S/C14H21NO2S/c1-3-12(2)6-4-5-11-18(16,17)14-9-7-13(15)8-10-14/h6-10H,3-5,11,15H2,1-2H3/b12-6+. The van der Waals surface area contributed by atoms with Crippen LogP contribution in [-0.2, 0) is 9.84 Å². The minimum Gasteiger partial charge on any atom is -0.399 e. The number of nitrogens with two attached hydrogens (primary N) is 1. The summed E-state index contributed by atoms with van der Waals surface area (Å²) in [7, 11) is -3.17. The zero-order valence-corrected chi connectivity index (χ0v) is 11.8. The molecule has 100 valence electrons. The first-order valence-corrected chi connectivity index (χ1v) is 7.85. The van der Waals surface area contributed by atoms with Gasteiger partial charge >= 0.3 is 0 Å². The predicted molar refractivity (Wildman–Crippen MR) is 76.2 cm³/mol. The minimum absolute atomic E-state index is 0.185. The third kappa shape index (κ3) is 4.53. The first-order chi connectivity index (χ1) is 8.45. The summed E-state index contributed by atoms with van der Waals surface area (Å²) in [6.07, 6.45) is 4.60. The lowest BCUT2D eigenvalue weighted by atomic mass is 10.2. The van der Waals surface area contributed by atoms with Gasteiger partial charge in [-0.3, -0.25) is 0 Å². The van der Waals surface area contributed by atoms with Crippen molar-refractivity contribution in [1.82, 2.24) is 0 Å². The van der Waals surface area contributed by atoms with E-state index in [4.69, 9.17) is 5.73 Å². The van der Waals surface area contributed by atoms with Crippen molar-refractivity contribution in [3.63, 3.8) is 0 Å². The summed E-state index contributed by atoms with van der Waals surface area (Å²) in [5.74, 6) is 0.185. The summed E-state index contributed by atoms with van der Waals surface area (Å²) in [6, 6.07) is 6.37. The van der Waals surface area contributed by atoms with Gasteiger partial charge < -0.3 is 5.73 Å². The molecule has 0 saturated carbocycles. The van der Waals surface area contributed by atoms with Crippen LogP contribution in [0, 0.1) is 0 Å². The lowest BCUT2D eigenvalue weighted by Crippen LogP contribution is -2.06. The van der Waals surface area contributed by atoms with Crippen molar-refractivity contribution in [2.24, 2.45) is 0 Å². The Morgan fingerprint density at radius 3 is 2.44 bits per heavy atom. The van der Waals surface area contributed by atoms with Gasteiger partial charge in [0.2, 0.25) is 0 Å². The minimum atomic E-state index is -3.17. The van der Waals surface area contributed by atoms with Crippen LogP contribution in [-0.4, -0.2) is 14.2 Å². The van der Waals surface area contributed by atoms with Crippen LogP contribution in [0.25, 0.3) is 0 Å². The van der Waals surface area contributed by atoms with Gasteiger partial charge in [-0.05, 0) is 50.5 Å². The summed E-state index contributed by atoms with van der Waals surface area (Å²) in [4.78, 5) is 0.355. The Bertz CT molecular complexity index is 501. The van der Waals surface area contributed by atoms with Crippen molar-refractivity contribution in [3.8, 4) is 0 Å². The molecule has 2 N–H and O–H groups in total. The van der Waals surface area contributed by atoms with Crippen LogP contribution in [0.5, 0.6) is 0 Å². The fraction of sp³-hybridized carbons (Fsp3) is 0.429. The molecule has 4 heteroatoms. The molecule has 0 fully saturated rings. The summed E-state index contributed by atoms with van der Waals surface area (Å²) >= 11 is 0. The molecule has 1 aromatic carbocycles. The molecular weight excluding hydrogens is 246 g/mol. The average molecular weight is 267 g/mol. The van der Waals surface area contributed by atoms with Crippen LogP contribution in [0.4, 0.5) is 5.69 Å². The number of hydrogen-bond donors (Lipinski definition) is 1. The molecule has 1 aromatic rings. The number of sulfone groups is 1. The van der Waals surface area contributed by atoms with Gasteiger partial charge in [-0.15, -0.1) is 0 Å². The van der Waals surface area contributed by atoms with Gasteiger partial charge in [-0.1, -0.05) is 18.6 Å². The molecule has 0 aliphatic heterocycles. The van der Waals surface area contributed by atoms with E-state index in [1.807, 2.05) is 0 Å². The highest BCUT2D eigenvalue weighted by atomic mass is 32.2. The Labute approximate surface area is 110 Å². The van der Waals surface area contributed by atoms with Crippen molar-refractivity contribution in [2.45, 2.75) is 38.0 Å². The average Bonchev–Trinajstić information content (AvgIpc) is 2.35. The van der Waals surface area contributed by atoms with Crippen LogP contribution in [0.1, 0.15) is 33.1 Å². The second-order valence-electron chi connectivity index (χ2n) is 4.43. The molecule has 0 radical (unpaired) electrons. The van der Waals surface area contributed by atoms with Crippen LogP contribution in [0.15, 0.2) is 40.8 Å². The molecule has 0 aliphatic carbocycles. The smallest absolute Gasteiger partial charge is 0.178 e. The molecule has 0 spiro atoms. The SMILES string of the molecule is CC/C(C)=C/CCCS(=O)(=O)c1ccc(N)cc1. The Morgan fingerprint density at radius 1 is 1.28 bits per heavy atom. The van der Waals surface area contributed by atoms with Crippen molar-refractivity contribution in [1.29, 1.82) is 0 Å².